The highest BCUT2D eigenvalue weighted by Crippen LogP contribution is 2.20. The van der Waals surface area contributed by atoms with E-state index in [2.05, 4.69) is 15.1 Å². The van der Waals surface area contributed by atoms with Crippen molar-refractivity contribution in [2.75, 3.05) is 5.73 Å². The average Bonchev–Trinajstić information content (AvgIpc) is 2.74. The van der Waals surface area contributed by atoms with Gasteiger partial charge in [-0.15, -0.1) is 5.10 Å². The van der Waals surface area contributed by atoms with E-state index < -0.39 is 5.88 Å². The molecule has 0 unspecified atom stereocenters. The van der Waals surface area contributed by atoms with Crippen molar-refractivity contribution in [3.05, 3.63) is 35.4 Å². The number of anilines is 1. The minimum absolute atomic E-state index is 0.185. The van der Waals surface area contributed by atoms with Crippen LogP contribution in [-0.4, -0.2) is 19.6 Å². The second kappa shape index (κ2) is 3.85. The predicted octanol–water partition coefficient (Wildman–Crippen LogP) is 2.17. The minimum atomic E-state index is -0.435. The summed E-state index contributed by atoms with van der Waals surface area (Å²) in [5, 5.41) is 16.0. The Balaban J connectivity index is 2.19. The van der Waals surface area contributed by atoms with E-state index >= 15 is 0 Å². The Hall–Kier alpha value is -2.34. The van der Waals surface area contributed by atoms with Crippen LogP contribution in [0.1, 0.15) is 0 Å². The zero-order chi connectivity index (χ0) is 12.7. The van der Waals surface area contributed by atoms with Crippen molar-refractivity contribution in [1.29, 1.82) is 0 Å². The van der Waals surface area contributed by atoms with Crippen LogP contribution in [0.25, 0.3) is 17.2 Å². The number of benzene rings is 1. The van der Waals surface area contributed by atoms with Gasteiger partial charge in [0, 0.05) is 16.7 Å². The molecule has 2 aromatic heterocycles. The molecule has 7 heteroatoms. The Kier molecular flexibility index (Phi) is 2.31. The van der Waals surface area contributed by atoms with Crippen molar-refractivity contribution in [2.45, 2.75) is 0 Å². The van der Waals surface area contributed by atoms with Crippen molar-refractivity contribution >= 4 is 23.2 Å². The third kappa shape index (κ3) is 1.72. The molecule has 0 fully saturated rings. The van der Waals surface area contributed by atoms with Gasteiger partial charge in [0.2, 0.25) is 0 Å². The number of rotatable bonds is 1. The maximum atomic E-state index is 11.2. The number of hydrogen-bond donors (Lipinski definition) is 1. The predicted molar refractivity (Wildman–Crippen MR) is 65.8 cm³/mol. The molecule has 3 rings (SSSR count). The SMILES string of the molecule is Nc1cc([O])nc2nc(-c3ccc(Cl)cc3)nn12. The number of fused-ring (bicyclic) bond motifs is 1. The summed E-state index contributed by atoms with van der Waals surface area (Å²) in [5.74, 6) is 0.397. The molecule has 1 aromatic carbocycles. The third-order valence-corrected chi connectivity index (χ3v) is 2.67. The van der Waals surface area contributed by atoms with E-state index in [9.17, 15) is 5.11 Å². The number of nitrogens with two attached hydrogens (primary N) is 1. The van der Waals surface area contributed by atoms with Gasteiger partial charge >= 0.3 is 0 Å². The first-order chi connectivity index (χ1) is 8.63. The summed E-state index contributed by atoms with van der Waals surface area (Å²) in [5.41, 5.74) is 6.45. The van der Waals surface area contributed by atoms with Gasteiger partial charge < -0.3 is 5.73 Å². The summed E-state index contributed by atoms with van der Waals surface area (Å²) < 4.78 is 1.32. The lowest BCUT2D eigenvalue weighted by Crippen LogP contribution is -1.99. The Morgan fingerprint density at radius 3 is 2.61 bits per heavy atom. The summed E-state index contributed by atoms with van der Waals surface area (Å²) >= 11 is 5.80. The number of halogens is 1. The smallest absolute Gasteiger partial charge is 0.276 e. The van der Waals surface area contributed by atoms with Gasteiger partial charge in [-0.2, -0.15) is 14.5 Å². The maximum Gasteiger partial charge on any atom is 0.276 e. The Morgan fingerprint density at radius 1 is 1.17 bits per heavy atom. The first-order valence-corrected chi connectivity index (χ1v) is 5.47. The van der Waals surface area contributed by atoms with Crippen molar-refractivity contribution in [3.8, 4) is 17.3 Å². The maximum absolute atomic E-state index is 11.2. The quantitative estimate of drug-likeness (QED) is 0.726. The molecule has 0 aliphatic heterocycles. The first kappa shape index (κ1) is 10.8. The zero-order valence-corrected chi connectivity index (χ0v) is 9.80. The van der Waals surface area contributed by atoms with Crippen LogP contribution in [-0.2, 0) is 5.11 Å². The molecule has 2 heterocycles. The fraction of sp³-hybridized carbons (Fsp3) is 0. The van der Waals surface area contributed by atoms with Gasteiger partial charge in [-0.05, 0) is 24.3 Å². The Bertz CT molecular complexity index is 722. The summed E-state index contributed by atoms with van der Waals surface area (Å²) in [6.45, 7) is 0. The topological polar surface area (TPSA) is 89.0 Å². The lowest BCUT2D eigenvalue weighted by molar-refractivity contribution is 0.338. The van der Waals surface area contributed by atoms with Crippen LogP contribution >= 0.6 is 11.6 Å². The largest absolute Gasteiger partial charge is 0.383 e. The summed E-state index contributed by atoms with van der Waals surface area (Å²) in [7, 11) is 0. The standard InChI is InChI=1S/C11H7ClN5O/c12-7-3-1-6(2-4-7)10-15-11-14-9(18)5-8(13)17(11)16-10/h1-5H,13H2. The Labute approximate surface area is 107 Å². The van der Waals surface area contributed by atoms with Gasteiger partial charge in [-0.25, -0.2) is 0 Å². The summed E-state index contributed by atoms with van der Waals surface area (Å²) in [6, 6.07) is 8.24. The second-order valence-electron chi connectivity index (χ2n) is 3.67. The van der Waals surface area contributed by atoms with Gasteiger partial charge in [0.1, 0.15) is 5.82 Å². The molecule has 0 bridgehead atoms. The molecule has 18 heavy (non-hydrogen) atoms. The van der Waals surface area contributed by atoms with Crippen molar-refractivity contribution in [1.82, 2.24) is 19.6 Å². The van der Waals surface area contributed by atoms with Crippen LogP contribution in [0.5, 0.6) is 5.88 Å². The van der Waals surface area contributed by atoms with E-state index in [0.29, 0.717) is 10.8 Å². The molecule has 89 valence electrons. The highest BCUT2D eigenvalue weighted by molar-refractivity contribution is 6.30. The van der Waals surface area contributed by atoms with Gasteiger partial charge in [0.05, 0.1) is 0 Å². The average molecular weight is 261 g/mol. The number of hydrogen-bond acceptors (Lipinski definition) is 4. The van der Waals surface area contributed by atoms with E-state index in [0.717, 1.165) is 5.56 Å². The fourth-order valence-electron chi connectivity index (χ4n) is 1.59. The van der Waals surface area contributed by atoms with Crippen molar-refractivity contribution in [3.63, 3.8) is 0 Å². The molecule has 0 aliphatic carbocycles. The van der Waals surface area contributed by atoms with E-state index in [4.69, 9.17) is 17.3 Å². The van der Waals surface area contributed by atoms with Crippen molar-refractivity contribution < 1.29 is 5.11 Å². The molecular formula is C11H7ClN5O. The van der Waals surface area contributed by atoms with Crippen LogP contribution < -0.4 is 5.73 Å². The number of nitrogens with zero attached hydrogens (tertiary/aromatic N) is 4. The number of nitrogen functional groups attached to an aromatic ring is 1. The molecule has 0 atom stereocenters. The second-order valence-corrected chi connectivity index (χ2v) is 4.11. The normalized spacial score (nSPS) is 10.9. The van der Waals surface area contributed by atoms with Gasteiger partial charge in [0.15, 0.2) is 5.82 Å². The lowest BCUT2D eigenvalue weighted by Gasteiger charge is -1.95. The molecule has 1 radical (unpaired) electrons. The first-order valence-electron chi connectivity index (χ1n) is 5.10. The van der Waals surface area contributed by atoms with Crippen LogP contribution in [0.15, 0.2) is 30.3 Å². The van der Waals surface area contributed by atoms with Crippen LogP contribution in [0.2, 0.25) is 5.02 Å². The molecule has 3 aromatic rings. The van der Waals surface area contributed by atoms with E-state index in [1.165, 1.54) is 10.6 Å². The van der Waals surface area contributed by atoms with E-state index in [1.54, 1.807) is 24.3 Å². The van der Waals surface area contributed by atoms with Gasteiger partial charge in [0.25, 0.3) is 11.7 Å². The fourth-order valence-corrected chi connectivity index (χ4v) is 1.72. The summed E-state index contributed by atoms with van der Waals surface area (Å²) in [4.78, 5) is 7.88. The molecule has 0 saturated carbocycles. The monoisotopic (exact) mass is 260 g/mol. The minimum Gasteiger partial charge on any atom is -0.383 e. The molecule has 2 N–H and O–H groups in total. The number of aromatic nitrogens is 4. The molecule has 0 saturated heterocycles. The highest BCUT2D eigenvalue weighted by Gasteiger charge is 2.11. The van der Waals surface area contributed by atoms with Crippen LogP contribution in [0, 0.1) is 0 Å². The van der Waals surface area contributed by atoms with E-state index in [-0.39, 0.29) is 11.6 Å². The molecule has 6 nitrogen and oxygen atoms in total. The molecule has 0 amide bonds. The van der Waals surface area contributed by atoms with Gasteiger partial charge in [-0.1, -0.05) is 11.6 Å². The van der Waals surface area contributed by atoms with Crippen LogP contribution in [0.4, 0.5) is 5.82 Å². The zero-order valence-electron chi connectivity index (χ0n) is 9.04. The molecule has 0 spiro atoms. The Morgan fingerprint density at radius 2 is 1.89 bits per heavy atom. The highest BCUT2D eigenvalue weighted by atomic mass is 35.5. The van der Waals surface area contributed by atoms with Crippen molar-refractivity contribution in [2.24, 2.45) is 0 Å². The molecule has 0 aliphatic rings. The molecular weight excluding hydrogens is 254 g/mol. The lowest BCUT2D eigenvalue weighted by atomic mass is 10.2. The van der Waals surface area contributed by atoms with Gasteiger partial charge in [-0.3, -0.25) is 5.11 Å². The third-order valence-electron chi connectivity index (χ3n) is 2.42. The summed E-state index contributed by atoms with van der Waals surface area (Å²) in [6.07, 6.45) is 0. The van der Waals surface area contributed by atoms with E-state index in [1.807, 2.05) is 0 Å². The van der Waals surface area contributed by atoms with Crippen LogP contribution in [0.3, 0.4) is 0 Å².